The Bertz CT molecular complexity index is 991. The molecule has 2 heterocycles. The molecule has 7 heteroatoms. The molecule has 0 bridgehead atoms. The normalized spacial score (nSPS) is 11.1. The van der Waals surface area contributed by atoms with Crippen LogP contribution in [0.25, 0.3) is 10.6 Å². The second kappa shape index (κ2) is 9.22. The second-order valence-electron chi connectivity index (χ2n) is 7.44. The first-order chi connectivity index (χ1) is 13.9. The average Bonchev–Trinajstić information content (AvgIpc) is 3.27. The van der Waals surface area contributed by atoms with Gasteiger partial charge in [0.15, 0.2) is 0 Å². The SMILES string of the molecule is COc1cccc(-c2nc(COC(=O)Cc3c(C)nn(CC(C)C)c3C)cs2)c1. The highest BCUT2D eigenvalue weighted by Gasteiger charge is 2.17. The van der Waals surface area contributed by atoms with Crippen LogP contribution >= 0.6 is 11.3 Å². The summed E-state index contributed by atoms with van der Waals surface area (Å²) in [4.78, 5) is 17.0. The molecule has 0 amide bonds. The molecular weight excluding hydrogens is 386 g/mol. The molecule has 0 unspecified atom stereocenters. The summed E-state index contributed by atoms with van der Waals surface area (Å²) in [6.07, 6.45) is 0.225. The van der Waals surface area contributed by atoms with Crippen molar-refractivity contribution in [1.29, 1.82) is 0 Å². The Morgan fingerprint density at radius 3 is 2.79 bits per heavy atom. The Balaban J connectivity index is 1.60. The summed E-state index contributed by atoms with van der Waals surface area (Å²) in [6, 6.07) is 7.75. The summed E-state index contributed by atoms with van der Waals surface area (Å²) in [7, 11) is 1.64. The van der Waals surface area contributed by atoms with Crippen molar-refractivity contribution >= 4 is 17.3 Å². The van der Waals surface area contributed by atoms with Crippen LogP contribution in [-0.2, 0) is 29.1 Å². The van der Waals surface area contributed by atoms with E-state index in [9.17, 15) is 4.79 Å². The number of rotatable bonds is 8. The van der Waals surface area contributed by atoms with Gasteiger partial charge in [-0.2, -0.15) is 5.10 Å². The second-order valence-corrected chi connectivity index (χ2v) is 8.30. The van der Waals surface area contributed by atoms with Gasteiger partial charge in [-0.05, 0) is 31.9 Å². The van der Waals surface area contributed by atoms with Crippen molar-refractivity contribution in [2.24, 2.45) is 5.92 Å². The number of methoxy groups -OCH3 is 1. The van der Waals surface area contributed by atoms with Crippen LogP contribution in [0.5, 0.6) is 5.75 Å². The third-order valence-electron chi connectivity index (χ3n) is 4.64. The van der Waals surface area contributed by atoms with E-state index in [0.717, 1.165) is 45.5 Å². The highest BCUT2D eigenvalue weighted by Crippen LogP contribution is 2.27. The van der Waals surface area contributed by atoms with E-state index in [2.05, 4.69) is 23.9 Å². The van der Waals surface area contributed by atoms with Gasteiger partial charge >= 0.3 is 5.97 Å². The highest BCUT2D eigenvalue weighted by molar-refractivity contribution is 7.13. The van der Waals surface area contributed by atoms with Gasteiger partial charge in [-0.3, -0.25) is 9.48 Å². The van der Waals surface area contributed by atoms with Gasteiger partial charge in [-0.1, -0.05) is 26.0 Å². The molecule has 0 spiro atoms. The van der Waals surface area contributed by atoms with Gasteiger partial charge in [0, 0.05) is 28.7 Å². The lowest BCUT2D eigenvalue weighted by Crippen LogP contribution is -2.11. The van der Waals surface area contributed by atoms with Crippen LogP contribution in [0.2, 0.25) is 0 Å². The van der Waals surface area contributed by atoms with Gasteiger partial charge in [-0.15, -0.1) is 11.3 Å². The van der Waals surface area contributed by atoms with Crippen molar-refractivity contribution in [3.63, 3.8) is 0 Å². The molecular formula is C22H27N3O3S. The molecule has 0 saturated carbocycles. The number of aromatic nitrogens is 3. The fourth-order valence-corrected chi connectivity index (χ4v) is 3.93. The molecule has 0 saturated heterocycles. The molecule has 29 heavy (non-hydrogen) atoms. The quantitative estimate of drug-likeness (QED) is 0.506. The Labute approximate surface area is 175 Å². The van der Waals surface area contributed by atoms with E-state index in [4.69, 9.17) is 9.47 Å². The summed E-state index contributed by atoms with van der Waals surface area (Å²) in [5.74, 6) is 1.02. The molecule has 2 aromatic heterocycles. The minimum Gasteiger partial charge on any atom is -0.497 e. The van der Waals surface area contributed by atoms with Crippen molar-refractivity contribution < 1.29 is 14.3 Å². The van der Waals surface area contributed by atoms with Crippen LogP contribution in [-0.4, -0.2) is 27.8 Å². The van der Waals surface area contributed by atoms with E-state index in [0.29, 0.717) is 5.92 Å². The first-order valence-corrected chi connectivity index (χ1v) is 10.5. The molecule has 0 aliphatic rings. The number of nitrogens with zero attached hydrogens (tertiary/aromatic N) is 3. The molecule has 0 aliphatic heterocycles. The zero-order chi connectivity index (χ0) is 21.0. The number of hydrogen-bond acceptors (Lipinski definition) is 6. The van der Waals surface area contributed by atoms with Crippen LogP contribution in [0.4, 0.5) is 0 Å². The maximum Gasteiger partial charge on any atom is 0.310 e. The summed E-state index contributed by atoms with van der Waals surface area (Å²) < 4.78 is 12.7. The van der Waals surface area contributed by atoms with Gasteiger partial charge in [0.05, 0.1) is 24.9 Å². The van der Waals surface area contributed by atoms with Gasteiger partial charge < -0.3 is 9.47 Å². The fraction of sp³-hybridized carbons (Fsp3) is 0.409. The van der Waals surface area contributed by atoms with Gasteiger partial charge in [0.1, 0.15) is 17.4 Å². The Kier molecular flexibility index (Phi) is 6.69. The molecule has 0 radical (unpaired) electrons. The fourth-order valence-electron chi connectivity index (χ4n) is 3.13. The third kappa shape index (κ3) is 5.23. The lowest BCUT2D eigenvalue weighted by atomic mass is 10.1. The number of thiazole rings is 1. The van der Waals surface area contributed by atoms with Crippen molar-refractivity contribution in [3.8, 4) is 16.3 Å². The Morgan fingerprint density at radius 2 is 2.07 bits per heavy atom. The van der Waals surface area contributed by atoms with E-state index >= 15 is 0 Å². The molecule has 3 aromatic rings. The number of ether oxygens (including phenoxy) is 2. The third-order valence-corrected chi connectivity index (χ3v) is 5.58. The Morgan fingerprint density at radius 1 is 1.28 bits per heavy atom. The number of aryl methyl sites for hydroxylation is 1. The molecule has 0 fully saturated rings. The lowest BCUT2D eigenvalue weighted by molar-refractivity contribution is -0.144. The van der Waals surface area contributed by atoms with Crippen molar-refractivity contribution in [3.05, 3.63) is 52.3 Å². The number of benzene rings is 1. The van der Waals surface area contributed by atoms with Gasteiger partial charge in [-0.25, -0.2) is 4.98 Å². The van der Waals surface area contributed by atoms with E-state index in [1.54, 1.807) is 7.11 Å². The van der Waals surface area contributed by atoms with Gasteiger partial charge in [0.2, 0.25) is 0 Å². The summed E-state index contributed by atoms with van der Waals surface area (Å²) >= 11 is 1.52. The monoisotopic (exact) mass is 413 g/mol. The van der Waals surface area contributed by atoms with Crippen LogP contribution in [0.3, 0.4) is 0 Å². The zero-order valence-corrected chi connectivity index (χ0v) is 18.4. The molecule has 0 N–H and O–H groups in total. The summed E-state index contributed by atoms with van der Waals surface area (Å²) in [5, 5.41) is 7.35. The van der Waals surface area contributed by atoms with Crippen molar-refractivity contribution in [2.75, 3.05) is 7.11 Å². The average molecular weight is 414 g/mol. The minimum absolute atomic E-state index is 0.164. The maximum absolute atomic E-state index is 12.4. The van der Waals surface area contributed by atoms with E-state index in [-0.39, 0.29) is 19.0 Å². The van der Waals surface area contributed by atoms with Crippen molar-refractivity contribution in [1.82, 2.24) is 14.8 Å². The molecule has 154 valence electrons. The smallest absolute Gasteiger partial charge is 0.310 e. The van der Waals surface area contributed by atoms with Crippen LogP contribution in [0.1, 0.15) is 36.5 Å². The zero-order valence-electron chi connectivity index (χ0n) is 17.6. The minimum atomic E-state index is -0.267. The standard InChI is InChI=1S/C22H27N3O3S/c1-14(2)11-25-16(4)20(15(3)24-25)10-21(26)28-12-18-13-29-22(23-18)17-7-6-8-19(9-17)27-5/h6-9,13-14H,10-12H2,1-5H3. The Hall–Kier alpha value is -2.67. The predicted molar refractivity (Wildman–Crippen MR) is 114 cm³/mol. The predicted octanol–water partition coefficient (Wildman–Crippen LogP) is 4.57. The summed E-state index contributed by atoms with van der Waals surface area (Å²) in [6.45, 7) is 9.25. The summed E-state index contributed by atoms with van der Waals surface area (Å²) in [5.41, 5.74) is 4.59. The largest absolute Gasteiger partial charge is 0.497 e. The molecule has 0 atom stereocenters. The van der Waals surface area contributed by atoms with Crippen LogP contribution < -0.4 is 4.74 Å². The van der Waals surface area contributed by atoms with Crippen LogP contribution in [0, 0.1) is 19.8 Å². The topological polar surface area (TPSA) is 66.2 Å². The van der Waals surface area contributed by atoms with Gasteiger partial charge in [0.25, 0.3) is 0 Å². The van der Waals surface area contributed by atoms with E-state index < -0.39 is 0 Å². The highest BCUT2D eigenvalue weighted by atomic mass is 32.1. The first kappa shape index (κ1) is 21.0. The number of carbonyl (C=O) groups excluding carboxylic acids is 1. The first-order valence-electron chi connectivity index (χ1n) is 9.64. The number of carbonyl (C=O) groups is 1. The number of hydrogen-bond donors (Lipinski definition) is 0. The lowest BCUT2D eigenvalue weighted by Gasteiger charge is -2.08. The van der Waals surface area contributed by atoms with E-state index in [1.807, 2.05) is 48.2 Å². The molecule has 3 rings (SSSR count). The molecule has 6 nitrogen and oxygen atoms in total. The molecule has 1 aromatic carbocycles. The van der Waals surface area contributed by atoms with Crippen LogP contribution in [0.15, 0.2) is 29.6 Å². The maximum atomic E-state index is 12.4. The molecule has 0 aliphatic carbocycles. The van der Waals surface area contributed by atoms with E-state index in [1.165, 1.54) is 11.3 Å². The number of esters is 1. The van der Waals surface area contributed by atoms with Crippen molar-refractivity contribution in [2.45, 2.75) is 47.3 Å².